The van der Waals surface area contributed by atoms with Crippen LogP contribution in [0.15, 0.2) is 77.9 Å². The van der Waals surface area contributed by atoms with E-state index in [0.29, 0.717) is 31.7 Å². The van der Waals surface area contributed by atoms with Crippen LogP contribution in [0.25, 0.3) is 11.3 Å². The SMILES string of the molecule is CN(Cc1ccccc1)C(=O)N1CCC(O)(Cn2cnc(-c3ccccc3)cc2=O)C2(CCCC2)C1. The van der Waals surface area contributed by atoms with Crippen LogP contribution in [0.1, 0.15) is 37.7 Å². The number of aromatic nitrogens is 2. The molecule has 1 atom stereocenters. The highest BCUT2D eigenvalue weighted by atomic mass is 16.3. The van der Waals surface area contributed by atoms with Crippen LogP contribution in [-0.4, -0.2) is 56.2 Å². The minimum absolute atomic E-state index is 0.0155. The molecular weight excluding hydrogens is 452 g/mol. The first-order valence-electron chi connectivity index (χ1n) is 12.8. The van der Waals surface area contributed by atoms with Gasteiger partial charge in [-0.3, -0.25) is 9.36 Å². The molecule has 0 radical (unpaired) electrons. The monoisotopic (exact) mass is 486 g/mol. The maximum Gasteiger partial charge on any atom is 0.320 e. The molecule has 2 heterocycles. The van der Waals surface area contributed by atoms with Gasteiger partial charge in [-0.1, -0.05) is 73.5 Å². The molecule has 0 bridgehead atoms. The highest BCUT2D eigenvalue weighted by molar-refractivity contribution is 5.74. The molecule has 1 aliphatic carbocycles. The summed E-state index contributed by atoms with van der Waals surface area (Å²) in [5.74, 6) is 0. The van der Waals surface area contributed by atoms with E-state index < -0.39 is 11.0 Å². The van der Waals surface area contributed by atoms with E-state index in [1.165, 1.54) is 10.6 Å². The molecule has 188 valence electrons. The lowest BCUT2D eigenvalue weighted by atomic mass is 9.66. The average Bonchev–Trinajstić information content (AvgIpc) is 3.38. The highest BCUT2D eigenvalue weighted by Crippen LogP contribution is 2.51. The number of carbonyl (C=O) groups is 1. The van der Waals surface area contributed by atoms with Gasteiger partial charge in [-0.25, -0.2) is 9.78 Å². The Morgan fingerprint density at radius 1 is 1.03 bits per heavy atom. The standard InChI is InChI=1S/C29H34N4O3/c1-31(19-23-10-4-2-5-11-23)27(35)32-17-16-29(36,28(20-32)14-8-9-15-28)21-33-22-30-25(18-26(33)34)24-12-6-3-7-13-24/h2-7,10-13,18,22,36H,8-9,14-17,19-21H2,1H3. The van der Waals surface area contributed by atoms with Crippen molar-refractivity contribution in [2.45, 2.75) is 50.8 Å². The highest BCUT2D eigenvalue weighted by Gasteiger charge is 2.55. The lowest BCUT2D eigenvalue weighted by Crippen LogP contribution is -2.63. The van der Waals surface area contributed by atoms with E-state index in [9.17, 15) is 14.7 Å². The Hall–Kier alpha value is -3.45. The number of piperidine rings is 1. The average molecular weight is 487 g/mol. The van der Waals surface area contributed by atoms with Crippen molar-refractivity contribution in [3.05, 3.63) is 89.0 Å². The van der Waals surface area contributed by atoms with Gasteiger partial charge >= 0.3 is 6.03 Å². The van der Waals surface area contributed by atoms with Crippen molar-refractivity contribution >= 4 is 6.03 Å². The van der Waals surface area contributed by atoms with E-state index in [2.05, 4.69) is 4.98 Å². The second-order valence-corrected chi connectivity index (χ2v) is 10.4. The van der Waals surface area contributed by atoms with Gasteiger partial charge in [0.25, 0.3) is 5.56 Å². The fourth-order valence-corrected chi connectivity index (χ4v) is 6.02. The van der Waals surface area contributed by atoms with E-state index in [-0.39, 0.29) is 18.1 Å². The zero-order valence-corrected chi connectivity index (χ0v) is 20.8. The molecule has 5 rings (SSSR count). The lowest BCUT2D eigenvalue weighted by molar-refractivity contribution is -0.136. The van der Waals surface area contributed by atoms with E-state index in [1.54, 1.807) is 11.2 Å². The minimum Gasteiger partial charge on any atom is -0.387 e. The van der Waals surface area contributed by atoms with Crippen molar-refractivity contribution in [2.24, 2.45) is 5.41 Å². The maximum atomic E-state index is 13.3. The molecule has 2 aliphatic rings. The van der Waals surface area contributed by atoms with Crippen LogP contribution < -0.4 is 5.56 Å². The maximum absolute atomic E-state index is 13.3. The molecule has 1 saturated carbocycles. The minimum atomic E-state index is -1.07. The van der Waals surface area contributed by atoms with Crippen molar-refractivity contribution in [3.8, 4) is 11.3 Å². The molecule has 1 spiro atoms. The third-order valence-electron chi connectivity index (χ3n) is 8.08. The lowest BCUT2D eigenvalue weighted by Gasteiger charge is -2.52. The molecule has 36 heavy (non-hydrogen) atoms. The number of aliphatic hydroxyl groups is 1. The van der Waals surface area contributed by atoms with Gasteiger partial charge in [-0.2, -0.15) is 0 Å². The summed E-state index contributed by atoms with van der Waals surface area (Å²) in [5, 5.41) is 12.0. The van der Waals surface area contributed by atoms with Crippen molar-refractivity contribution in [1.82, 2.24) is 19.4 Å². The van der Waals surface area contributed by atoms with Crippen molar-refractivity contribution in [1.29, 1.82) is 0 Å². The summed E-state index contributed by atoms with van der Waals surface area (Å²) in [5.41, 5.74) is 0.930. The summed E-state index contributed by atoms with van der Waals surface area (Å²) in [6.45, 7) is 1.70. The van der Waals surface area contributed by atoms with Crippen LogP contribution >= 0.6 is 0 Å². The Morgan fingerprint density at radius 3 is 2.36 bits per heavy atom. The molecule has 1 aliphatic heterocycles. The fourth-order valence-electron chi connectivity index (χ4n) is 6.02. The first-order chi connectivity index (χ1) is 17.4. The molecule has 2 aromatic carbocycles. The quantitative estimate of drug-likeness (QED) is 0.587. The van der Waals surface area contributed by atoms with Crippen LogP contribution in [0.3, 0.4) is 0 Å². The van der Waals surface area contributed by atoms with Crippen LogP contribution in [0.5, 0.6) is 0 Å². The number of amides is 2. The number of hydrogen-bond donors (Lipinski definition) is 1. The number of urea groups is 1. The number of benzene rings is 2. The third kappa shape index (κ3) is 4.67. The van der Waals surface area contributed by atoms with E-state index in [1.807, 2.05) is 72.6 Å². The fraction of sp³-hybridized carbons (Fsp3) is 0.414. The Bertz CT molecular complexity index is 1250. The molecule has 7 heteroatoms. The molecule has 1 unspecified atom stereocenters. The van der Waals surface area contributed by atoms with E-state index in [0.717, 1.165) is 36.8 Å². The van der Waals surface area contributed by atoms with Gasteiger partial charge in [0.1, 0.15) is 0 Å². The van der Waals surface area contributed by atoms with Gasteiger partial charge in [0, 0.05) is 43.7 Å². The molecule has 2 fully saturated rings. The Labute approximate surface area is 212 Å². The van der Waals surface area contributed by atoms with Crippen LogP contribution in [-0.2, 0) is 13.1 Å². The van der Waals surface area contributed by atoms with Gasteiger partial charge in [0.2, 0.25) is 0 Å². The number of nitrogens with zero attached hydrogens (tertiary/aromatic N) is 4. The van der Waals surface area contributed by atoms with Crippen LogP contribution in [0.2, 0.25) is 0 Å². The molecule has 2 amide bonds. The molecule has 1 saturated heterocycles. The number of likely N-dealkylation sites (tertiary alicyclic amines) is 1. The van der Waals surface area contributed by atoms with Gasteiger partial charge in [-0.05, 0) is 24.8 Å². The number of rotatable bonds is 5. The topological polar surface area (TPSA) is 78.7 Å². The van der Waals surface area contributed by atoms with Gasteiger partial charge in [-0.15, -0.1) is 0 Å². The van der Waals surface area contributed by atoms with Crippen molar-refractivity contribution in [2.75, 3.05) is 20.1 Å². The summed E-state index contributed by atoms with van der Waals surface area (Å²) >= 11 is 0. The predicted molar refractivity (Wildman–Crippen MR) is 139 cm³/mol. The second-order valence-electron chi connectivity index (χ2n) is 10.4. The normalized spacial score (nSPS) is 21.0. The first-order valence-corrected chi connectivity index (χ1v) is 12.8. The Morgan fingerprint density at radius 2 is 1.69 bits per heavy atom. The largest absolute Gasteiger partial charge is 0.387 e. The Kier molecular flexibility index (Phi) is 6.67. The molecule has 7 nitrogen and oxygen atoms in total. The summed E-state index contributed by atoms with van der Waals surface area (Å²) in [6, 6.07) is 21.1. The summed E-state index contributed by atoms with van der Waals surface area (Å²) < 4.78 is 1.53. The molecular formula is C29H34N4O3. The summed E-state index contributed by atoms with van der Waals surface area (Å²) in [4.78, 5) is 34.5. The number of hydrogen-bond acceptors (Lipinski definition) is 4. The molecule has 3 aromatic rings. The predicted octanol–water partition coefficient (Wildman–Crippen LogP) is 4.16. The van der Waals surface area contributed by atoms with Gasteiger partial charge < -0.3 is 14.9 Å². The summed E-state index contributed by atoms with van der Waals surface area (Å²) in [6.07, 6.45) is 5.72. The zero-order valence-electron chi connectivity index (χ0n) is 20.8. The van der Waals surface area contributed by atoms with Gasteiger partial charge in [0.05, 0.1) is 24.2 Å². The first kappa shape index (κ1) is 24.3. The van der Waals surface area contributed by atoms with Crippen LogP contribution in [0, 0.1) is 5.41 Å². The molecule has 1 aromatic heterocycles. The van der Waals surface area contributed by atoms with Crippen LogP contribution in [0.4, 0.5) is 4.79 Å². The van der Waals surface area contributed by atoms with E-state index in [4.69, 9.17) is 0 Å². The third-order valence-corrected chi connectivity index (χ3v) is 8.08. The smallest absolute Gasteiger partial charge is 0.320 e. The van der Waals surface area contributed by atoms with Crippen molar-refractivity contribution < 1.29 is 9.90 Å². The van der Waals surface area contributed by atoms with E-state index >= 15 is 0 Å². The van der Waals surface area contributed by atoms with Gasteiger partial charge in [0.15, 0.2) is 0 Å². The Balaban J connectivity index is 1.33. The van der Waals surface area contributed by atoms with Crippen molar-refractivity contribution in [3.63, 3.8) is 0 Å². The summed E-state index contributed by atoms with van der Waals surface area (Å²) in [7, 11) is 1.83. The zero-order chi connectivity index (χ0) is 25.2. The number of carbonyl (C=O) groups excluding carboxylic acids is 1. The molecule has 1 N–H and O–H groups in total. The second kappa shape index (κ2) is 9.90.